The van der Waals surface area contributed by atoms with E-state index in [1.54, 1.807) is 51.1 Å². The van der Waals surface area contributed by atoms with E-state index >= 15 is 0 Å². The molecule has 0 radical (unpaired) electrons. The topological polar surface area (TPSA) is 52.6 Å². The van der Waals surface area contributed by atoms with E-state index in [1.165, 1.54) is 13.2 Å². The quantitative estimate of drug-likeness (QED) is 0.600. The summed E-state index contributed by atoms with van der Waals surface area (Å²) in [5, 5.41) is 2.29. The highest BCUT2D eigenvalue weighted by Crippen LogP contribution is 2.25. The summed E-state index contributed by atoms with van der Waals surface area (Å²) in [7, 11) is 1.31. The third-order valence-electron chi connectivity index (χ3n) is 3.18. The van der Waals surface area contributed by atoms with Gasteiger partial charge in [-0.25, -0.2) is 9.59 Å². The normalized spacial score (nSPS) is 11.7. The highest BCUT2D eigenvalue weighted by atomic mass is 35.5. The van der Waals surface area contributed by atoms with E-state index in [9.17, 15) is 9.59 Å². The van der Waals surface area contributed by atoms with Crippen LogP contribution >= 0.6 is 11.6 Å². The lowest BCUT2D eigenvalue weighted by molar-refractivity contribution is -0.148. The molecule has 4 nitrogen and oxygen atoms in total. The van der Waals surface area contributed by atoms with Crippen molar-refractivity contribution in [1.29, 1.82) is 0 Å². The molecule has 5 heteroatoms. The number of hydrogen-bond donors (Lipinski definition) is 0. The van der Waals surface area contributed by atoms with E-state index in [4.69, 9.17) is 21.1 Å². The predicted octanol–water partition coefficient (Wildman–Crippen LogP) is 4.63. The molecule has 0 saturated carbocycles. The van der Waals surface area contributed by atoms with Crippen molar-refractivity contribution in [2.75, 3.05) is 7.11 Å². The predicted molar refractivity (Wildman–Crippen MR) is 95.2 cm³/mol. The van der Waals surface area contributed by atoms with Crippen molar-refractivity contribution in [3.05, 3.63) is 52.6 Å². The van der Waals surface area contributed by atoms with E-state index in [1.807, 2.05) is 6.07 Å². The maximum atomic E-state index is 12.0. The van der Waals surface area contributed by atoms with E-state index in [0.717, 1.165) is 10.8 Å². The van der Waals surface area contributed by atoms with Crippen molar-refractivity contribution in [3.63, 3.8) is 0 Å². The Bertz CT molecular complexity index is 816. The van der Waals surface area contributed by atoms with Crippen LogP contribution in [0.3, 0.4) is 0 Å². The lowest BCUT2D eigenvalue weighted by Gasteiger charge is -2.18. The summed E-state index contributed by atoms with van der Waals surface area (Å²) in [6.45, 7) is 5.37. The fraction of sp³-hybridized carbons (Fsp3) is 0.263. The SMILES string of the molecule is COC(=O)c1cc2cc(Cl)ccc2cc1C=CC(=O)OC(C)(C)C. The maximum absolute atomic E-state index is 12.0. The number of hydrogen-bond acceptors (Lipinski definition) is 4. The fourth-order valence-electron chi connectivity index (χ4n) is 2.20. The summed E-state index contributed by atoms with van der Waals surface area (Å²) in [4.78, 5) is 23.9. The van der Waals surface area contributed by atoms with E-state index in [2.05, 4.69) is 0 Å². The van der Waals surface area contributed by atoms with Crippen LogP contribution in [0.5, 0.6) is 0 Å². The molecule has 2 rings (SSSR count). The average molecular weight is 347 g/mol. The molecule has 0 heterocycles. The molecule has 0 aromatic heterocycles. The Morgan fingerprint density at radius 3 is 2.42 bits per heavy atom. The van der Waals surface area contributed by atoms with Crippen molar-refractivity contribution in [2.24, 2.45) is 0 Å². The van der Waals surface area contributed by atoms with Gasteiger partial charge in [0.15, 0.2) is 0 Å². The summed E-state index contributed by atoms with van der Waals surface area (Å²) in [5.41, 5.74) is 0.349. The average Bonchev–Trinajstić information content (AvgIpc) is 2.49. The third-order valence-corrected chi connectivity index (χ3v) is 3.42. The van der Waals surface area contributed by atoms with Gasteiger partial charge >= 0.3 is 11.9 Å². The van der Waals surface area contributed by atoms with Crippen LogP contribution in [0.15, 0.2) is 36.4 Å². The monoisotopic (exact) mass is 346 g/mol. The second-order valence-corrected chi connectivity index (χ2v) is 6.73. The van der Waals surface area contributed by atoms with Crippen LogP contribution in [-0.2, 0) is 14.3 Å². The number of halogens is 1. The summed E-state index contributed by atoms with van der Waals surface area (Å²) < 4.78 is 10.1. The molecular weight excluding hydrogens is 328 g/mol. The van der Waals surface area contributed by atoms with Crippen LogP contribution in [0.1, 0.15) is 36.7 Å². The van der Waals surface area contributed by atoms with Crippen LogP contribution in [-0.4, -0.2) is 24.6 Å². The number of benzene rings is 2. The van der Waals surface area contributed by atoms with Gasteiger partial charge in [0, 0.05) is 11.1 Å². The van der Waals surface area contributed by atoms with E-state index in [-0.39, 0.29) is 0 Å². The zero-order chi connectivity index (χ0) is 17.9. The fourth-order valence-corrected chi connectivity index (χ4v) is 2.38. The van der Waals surface area contributed by atoms with Gasteiger partial charge in [-0.3, -0.25) is 0 Å². The van der Waals surface area contributed by atoms with Crippen molar-refractivity contribution in [1.82, 2.24) is 0 Å². The Morgan fingerprint density at radius 2 is 1.79 bits per heavy atom. The molecule has 0 N–H and O–H groups in total. The zero-order valence-electron chi connectivity index (χ0n) is 14.1. The second-order valence-electron chi connectivity index (χ2n) is 6.29. The lowest BCUT2D eigenvalue weighted by Crippen LogP contribution is -2.22. The van der Waals surface area contributed by atoms with Crippen molar-refractivity contribution < 1.29 is 19.1 Å². The molecule has 126 valence electrons. The highest BCUT2D eigenvalue weighted by Gasteiger charge is 2.15. The molecule has 0 fully saturated rings. The molecule has 2 aromatic carbocycles. The van der Waals surface area contributed by atoms with Crippen LogP contribution in [0, 0.1) is 0 Å². The Hall–Kier alpha value is -2.33. The summed E-state index contributed by atoms with van der Waals surface area (Å²) in [6, 6.07) is 8.89. The summed E-state index contributed by atoms with van der Waals surface area (Å²) >= 11 is 6.00. The maximum Gasteiger partial charge on any atom is 0.338 e. The molecule has 0 aliphatic carbocycles. The van der Waals surface area contributed by atoms with Gasteiger partial charge < -0.3 is 9.47 Å². The third kappa shape index (κ3) is 4.59. The van der Waals surface area contributed by atoms with Crippen LogP contribution < -0.4 is 0 Å². The van der Waals surface area contributed by atoms with Gasteiger partial charge in [-0.05, 0) is 67.4 Å². The largest absolute Gasteiger partial charge is 0.465 e. The Morgan fingerprint density at radius 1 is 1.08 bits per heavy atom. The number of esters is 2. The first kappa shape index (κ1) is 18.0. The minimum absolute atomic E-state index is 0.354. The van der Waals surface area contributed by atoms with Gasteiger partial charge in [0.05, 0.1) is 12.7 Å². The molecule has 0 atom stereocenters. The van der Waals surface area contributed by atoms with Crippen LogP contribution in [0.4, 0.5) is 0 Å². The lowest BCUT2D eigenvalue weighted by atomic mass is 10.0. The Kier molecular flexibility index (Phi) is 5.30. The van der Waals surface area contributed by atoms with Crippen molar-refractivity contribution in [3.8, 4) is 0 Å². The molecule has 0 amide bonds. The van der Waals surface area contributed by atoms with Gasteiger partial charge in [-0.2, -0.15) is 0 Å². The first-order chi connectivity index (χ1) is 11.2. The number of rotatable bonds is 3. The van der Waals surface area contributed by atoms with Crippen LogP contribution in [0.25, 0.3) is 16.8 Å². The molecule has 0 bridgehead atoms. The van der Waals surface area contributed by atoms with Gasteiger partial charge in [-0.15, -0.1) is 0 Å². The second kappa shape index (κ2) is 7.05. The molecule has 0 spiro atoms. The zero-order valence-corrected chi connectivity index (χ0v) is 14.8. The Balaban J connectivity index is 2.45. The molecule has 0 aliphatic rings. The van der Waals surface area contributed by atoms with Crippen LogP contribution in [0.2, 0.25) is 5.02 Å². The molecular formula is C19H19ClO4. The highest BCUT2D eigenvalue weighted by molar-refractivity contribution is 6.31. The standard InChI is InChI=1S/C19H19ClO4/c1-19(2,3)24-17(21)8-6-13-9-12-5-7-15(20)10-14(12)11-16(13)18(22)23-4/h5-11H,1-4H3. The Labute approximate surface area is 146 Å². The minimum Gasteiger partial charge on any atom is -0.465 e. The molecule has 0 unspecified atom stereocenters. The first-order valence-electron chi connectivity index (χ1n) is 7.42. The minimum atomic E-state index is -0.577. The number of methoxy groups -OCH3 is 1. The smallest absolute Gasteiger partial charge is 0.338 e. The summed E-state index contributed by atoms with van der Waals surface area (Å²) in [6.07, 6.45) is 2.85. The number of ether oxygens (including phenoxy) is 2. The molecule has 2 aromatic rings. The number of carbonyl (C=O) groups excluding carboxylic acids is 2. The number of carbonyl (C=O) groups is 2. The first-order valence-corrected chi connectivity index (χ1v) is 7.80. The van der Waals surface area contributed by atoms with Gasteiger partial charge in [0.2, 0.25) is 0 Å². The molecule has 0 saturated heterocycles. The molecule has 24 heavy (non-hydrogen) atoms. The van der Waals surface area contributed by atoms with E-state index in [0.29, 0.717) is 16.1 Å². The van der Waals surface area contributed by atoms with Gasteiger partial charge in [-0.1, -0.05) is 17.7 Å². The summed E-state index contributed by atoms with van der Waals surface area (Å²) in [5.74, 6) is -0.963. The number of fused-ring (bicyclic) bond motifs is 1. The van der Waals surface area contributed by atoms with Crippen molar-refractivity contribution in [2.45, 2.75) is 26.4 Å². The molecule has 0 aliphatic heterocycles. The van der Waals surface area contributed by atoms with Crippen molar-refractivity contribution >= 4 is 40.4 Å². The van der Waals surface area contributed by atoms with Gasteiger partial charge in [0.1, 0.15) is 5.60 Å². The van der Waals surface area contributed by atoms with Gasteiger partial charge in [0.25, 0.3) is 0 Å². The van der Waals surface area contributed by atoms with E-state index < -0.39 is 17.5 Å².